The van der Waals surface area contributed by atoms with Gasteiger partial charge in [0.05, 0.1) is 0 Å². The van der Waals surface area contributed by atoms with Crippen LogP contribution in [0.2, 0.25) is 0 Å². The van der Waals surface area contributed by atoms with E-state index in [0.717, 1.165) is 0 Å². The average molecular weight is 101 g/mol. The van der Waals surface area contributed by atoms with Gasteiger partial charge in [0.25, 0.3) is 6.57 Å². The molecule has 0 saturated carbocycles. The second kappa shape index (κ2) is 3.25. The molecule has 0 spiro atoms. The van der Waals surface area contributed by atoms with Crippen LogP contribution in [0.25, 0.3) is 4.85 Å². The number of hydrogen-bond acceptors (Lipinski definition) is 3. The molecule has 0 aliphatic heterocycles. The Morgan fingerprint density at radius 3 is 2.71 bits per heavy atom. The van der Waals surface area contributed by atoms with E-state index in [2.05, 4.69) is 16.6 Å². The van der Waals surface area contributed by atoms with Crippen LogP contribution in [0.15, 0.2) is 5.18 Å². The molecule has 0 saturated heterocycles. The van der Waals surface area contributed by atoms with E-state index in [0.29, 0.717) is 0 Å². The summed E-state index contributed by atoms with van der Waals surface area (Å²) in [6.07, 6.45) is -1.13. The Bertz CT molecular complexity index is 95.6. The number of nitrogens with zero attached hydrogens (tertiary/aromatic N) is 2. The van der Waals surface area contributed by atoms with Gasteiger partial charge in [-0.15, -0.1) is 0 Å². The number of aliphatic hydroxyl groups excluding tert-OH is 1. The molecule has 0 aliphatic carbocycles. The van der Waals surface area contributed by atoms with Crippen molar-refractivity contribution in [1.29, 1.82) is 0 Å². The van der Waals surface area contributed by atoms with Crippen molar-refractivity contribution in [3.63, 3.8) is 0 Å². The zero-order chi connectivity index (χ0) is 5.70. The molecule has 1 unspecified atom stereocenters. The van der Waals surface area contributed by atoms with Gasteiger partial charge < -0.3 is 5.11 Å². The highest BCUT2D eigenvalue weighted by Crippen LogP contribution is 1.81. The van der Waals surface area contributed by atoms with Crippen LogP contribution < -0.4 is 0 Å². The number of hydrogen-bond donors (Lipinski definition) is 1. The van der Waals surface area contributed by atoms with E-state index < -0.39 is 6.23 Å². The molecule has 0 aromatic heterocycles. The van der Waals surface area contributed by atoms with Gasteiger partial charge in [-0.1, -0.05) is 5.18 Å². The number of rotatable bonds is 2. The highest BCUT2D eigenvalue weighted by atomic mass is 16.3. The van der Waals surface area contributed by atoms with Gasteiger partial charge in [0, 0.05) is 0 Å². The molecule has 0 rings (SSSR count). The van der Waals surface area contributed by atoms with Gasteiger partial charge in [0.1, 0.15) is 0 Å². The van der Waals surface area contributed by atoms with Crippen LogP contribution in [0.4, 0.5) is 0 Å². The molecule has 0 bridgehead atoms. The maximum absolute atomic E-state index is 9.25. The Hall–Kier alpha value is -0.950. The molecule has 4 nitrogen and oxygen atoms in total. The van der Waals surface area contributed by atoms with E-state index in [9.17, 15) is 4.91 Å². The van der Waals surface area contributed by atoms with E-state index in [1.807, 2.05) is 0 Å². The Morgan fingerprint density at radius 2 is 2.57 bits per heavy atom. The van der Waals surface area contributed by atoms with Gasteiger partial charge in [0.15, 0.2) is 6.54 Å². The van der Waals surface area contributed by atoms with Gasteiger partial charge in [-0.25, -0.2) is 0 Å². The maximum Gasteiger partial charge on any atom is 0.396 e. The first kappa shape index (κ1) is 6.05. The fourth-order valence-electron chi connectivity index (χ4n) is 0.114. The predicted octanol–water partition coefficient (Wildman–Crippen LogP) is 0.0339. The molecule has 7 heavy (non-hydrogen) atoms. The summed E-state index contributed by atoms with van der Waals surface area (Å²) in [5.41, 5.74) is 0. The first-order valence-electron chi connectivity index (χ1n) is 1.68. The second-order valence-electron chi connectivity index (χ2n) is 0.941. The van der Waals surface area contributed by atoms with Crippen LogP contribution in [-0.2, 0) is 0 Å². The normalized spacial score (nSPS) is 12.0. The molecule has 4 heteroatoms. The topological polar surface area (TPSA) is 54.0 Å². The Morgan fingerprint density at radius 1 is 2.00 bits per heavy atom. The molecule has 0 aromatic carbocycles. The minimum Gasteiger partial charge on any atom is -0.321 e. The minimum atomic E-state index is -1.13. The van der Waals surface area contributed by atoms with Crippen LogP contribution in [0.1, 0.15) is 0 Å². The van der Waals surface area contributed by atoms with Crippen LogP contribution in [0, 0.1) is 11.5 Å². The third-order valence-corrected chi connectivity index (χ3v) is 0.410. The first-order chi connectivity index (χ1) is 3.31. The van der Waals surface area contributed by atoms with Crippen LogP contribution in [0.5, 0.6) is 0 Å². The van der Waals surface area contributed by atoms with E-state index >= 15 is 0 Å². The lowest BCUT2D eigenvalue weighted by Crippen LogP contribution is -2.02. The lowest BCUT2D eigenvalue weighted by Gasteiger charge is -1.76. The van der Waals surface area contributed by atoms with Crippen molar-refractivity contribution in [1.82, 2.24) is 0 Å². The molecule has 1 atom stereocenters. The fraction of sp³-hybridized carbons (Fsp3) is 0.667. The average Bonchev–Trinajstić information content (AvgIpc) is 1.68. The number of aliphatic hydroxyl groups is 1. The highest BCUT2D eigenvalue weighted by molar-refractivity contribution is 4.72. The van der Waals surface area contributed by atoms with E-state index in [-0.39, 0.29) is 6.54 Å². The van der Waals surface area contributed by atoms with E-state index in [1.165, 1.54) is 0 Å². The summed E-state index contributed by atoms with van der Waals surface area (Å²) in [4.78, 5) is 12.1. The van der Waals surface area contributed by atoms with Crippen molar-refractivity contribution in [2.75, 3.05) is 6.54 Å². The Labute approximate surface area is 40.6 Å². The maximum atomic E-state index is 9.25. The van der Waals surface area contributed by atoms with Crippen molar-refractivity contribution < 1.29 is 5.11 Å². The SMILES string of the molecule is C#[N+]C(O)CN=O. The first-order valence-corrected chi connectivity index (χ1v) is 1.68. The summed E-state index contributed by atoms with van der Waals surface area (Å²) < 4.78 is 0. The lowest BCUT2D eigenvalue weighted by atomic mass is 10.6. The summed E-state index contributed by atoms with van der Waals surface area (Å²) in [5.74, 6) is 0. The fourth-order valence-corrected chi connectivity index (χ4v) is 0.114. The van der Waals surface area contributed by atoms with Gasteiger partial charge in [-0.3, -0.25) is 0 Å². The third-order valence-electron chi connectivity index (χ3n) is 0.410. The lowest BCUT2D eigenvalue weighted by molar-refractivity contribution is 0.230. The van der Waals surface area contributed by atoms with Gasteiger partial charge >= 0.3 is 6.23 Å². The smallest absolute Gasteiger partial charge is 0.321 e. The third kappa shape index (κ3) is 2.86. The summed E-state index contributed by atoms with van der Waals surface area (Å²) in [6.45, 7) is 4.27. The van der Waals surface area contributed by atoms with Gasteiger partial charge in [0.2, 0.25) is 0 Å². The van der Waals surface area contributed by atoms with E-state index in [4.69, 9.17) is 5.11 Å². The van der Waals surface area contributed by atoms with Crippen molar-refractivity contribution in [2.45, 2.75) is 6.23 Å². The van der Waals surface area contributed by atoms with Gasteiger partial charge in [-0.05, 0) is 4.85 Å². The van der Waals surface area contributed by atoms with Crippen LogP contribution >= 0.6 is 0 Å². The predicted molar refractivity (Wildman–Crippen MR) is 25.0 cm³/mol. The molecule has 1 N–H and O–H groups in total. The largest absolute Gasteiger partial charge is 0.396 e. The quantitative estimate of drug-likeness (QED) is 0.499. The summed E-state index contributed by atoms with van der Waals surface area (Å²) in [5, 5.41) is 10.6. The summed E-state index contributed by atoms with van der Waals surface area (Å²) in [7, 11) is 0. The molecule has 0 amide bonds. The summed E-state index contributed by atoms with van der Waals surface area (Å²) in [6, 6.07) is 0. The zero-order valence-electron chi connectivity index (χ0n) is 3.61. The van der Waals surface area contributed by atoms with Crippen molar-refractivity contribution in [2.24, 2.45) is 5.18 Å². The van der Waals surface area contributed by atoms with Crippen molar-refractivity contribution >= 4 is 0 Å². The molecule has 0 aromatic rings. The van der Waals surface area contributed by atoms with Crippen LogP contribution in [0.3, 0.4) is 0 Å². The van der Waals surface area contributed by atoms with E-state index in [1.54, 1.807) is 0 Å². The second-order valence-corrected chi connectivity index (χ2v) is 0.941. The van der Waals surface area contributed by atoms with Crippen molar-refractivity contribution in [3.8, 4) is 6.57 Å². The molecular formula is C3H5N2O2+. The Balaban J connectivity index is 3.21. The highest BCUT2D eigenvalue weighted by Gasteiger charge is 2.07. The van der Waals surface area contributed by atoms with Gasteiger partial charge in [-0.2, -0.15) is 4.91 Å². The zero-order valence-corrected chi connectivity index (χ0v) is 3.61. The van der Waals surface area contributed by atoms with Crippen molar-refractivity contribution in [3.05, 3.63) is 9.75 Å². The molecule has 0 heterocycles. The monoisotopic (exact) mass is 101 g/mol. The standard InChI is InChI=1S/C3H5N2O2/c1-4-3(6)2-5-7/h1,3,6H,2H2/q+1. The molecule has 38 valence electrons. The number of nitroso groups, excluding NO2 is 1. The van der Waals surface area contributed by atoms with Crippen LogP contribution in [-0.4, -0.2) is 17.9 Å². The molecule has 0 fully saturated rings. The summed E-state index contributed by atoms with van der Waals surface area (Å²) >= 11 is 0. The molecular weight excluding hydrogens is 96.0 g/mol. The molecule has 0 radical (unpaired) electrons. The minimum absolute atomic E-state index is 0.267. The molecule has 0 aliphatic rings. The Kier molecular flexibility index (Phi) is 2.81.